The molecule has 1 rings (SSSR count). The van der Waals surface area contributed by atoms with Crippen molar-refractivity contribution in [2.75, 3.05) is 0 Å². The summed E-state index contributed by atoms with van der Waals surface area (Å²) in [6.45, 7) is 2.06. The van der Waals surface area contributed by atoms with Gasteiger partial charge in [-0.25, -0.2) is 0 Å². The smallest absolute Gasteiger partial charge is 0.0628 e. The lowest BCUT2D eigenvalue weighted by Gasteiger charge is -1.87. The Labute approximate surface area is 48.6 Å². The van der Waals surface area contributed by atoms with Gasteiger partial charge in [-0.3, -0.25) is 0 Å². The molecule has 1 heterocycles. The number of hydrogen-bond acceptors (Lipinski definition) is 2. The Bertz CT molecular complexity index is 148. The third-order valence-electron chi connectivity index (χ3n) is 0.990. The van der Waals surface area contributed by atoms with Crippen molar-refractivity contribution in [3.05, 3.63) is 24.0 Å². The highest BCUT2D eigenvalue weighted by molar-refractivity contribution is 4.97. The molecule has 42 valence electrons. The lowest BCUT2D eigenvalue weighted by molar-refractivity contribution is 0.919. The molecule has 0 N–H and O–H groups in total. The third kappa shape index (κ3) is 1.03. The summed E-state index contributed by atoms with van der Waals surface area (Å²) in [5, 5.41) is 7.55. The largest absolute Gasteiger partial charge is 0.159 e. The van der Waals surface area contributed by atoms with Gasteiger partial charge in [-0.2, -0.15) is 10.2 Å². The molecule has 0 aliphatic carbocycles. The monoisotopic (exact) mass is 108 g/mol. The van der Waals surface area contributed by atoms with Crippen molar-refractivity contribution in [2.24, 2.45) is 0 Å². The minimum Gasteiger partial charge on any atom is -0.159 e. The minimum absolute atomic E-state index is 0.966. The van der Waals surface area contributed by atoms with E-state index >= 15 is 0 Å². The number of rotatable bonds is 1. The summed E-state index contributed by atoms with van der Waals surface area (Å²) in [5.74, 6) is 0. The molecule has 0 aliphatic rings. The van der Waals surface area contributed by atoms with Crippen LogP contribution in [0.1, 0.15) is 12.6 Å². The number of aryl methyl sites for hydroxylation is 1. The van der Waals surface area contributed by atoms with Crippen LogP contribution in [0.25, 0.3) is 0 Å². The highest BCUT2D eigenvalue weighted by Crippen LogP contribution is 1.88. The fourth-order valence-corrected chi connectivity index (χ4v) is 0.522. The van der Waals surface area contributed by atoms with Gasteiger partial charge in [0.15, 0.2) is 0 Å². The van der Waals surface area contributed by atoms with Crippen molar-refractivity contribution in [3.63, 3.8) is 0 Å². The van der Waals surface area contributed by atoms with Crippen LogP contribution in [-0.2, 0) is 6.42 Å². The van der Waals surface area contributed by atoms with Crippen molar-refractivity contribution < 1.29 is 0 Å². The molecule has 2 nitrogen and oxygen atoms in total. The van der Waals surface area contributed by atoms with Gasteiger partial charge in [0.25, 0.3) is 0 Å². The maximum atomic E-state index is 3.85. The molecule has 1 aromatic heterocycles. The first-order chi connectivity index (χ1) is 3.93. The van der Waals surface area contributed by atoms with E-state index < -0.39 is 0 Å². The third-order valence-corrected chi connectivity index (χ3v) is 0.990. The van der Waals surface area contributed by atoms with Crippen LogP contribution in [0.4, 0.5) is 0 Å². The minimum atomic E-state index is 0.966. The van der Waals surface area contributed by atoms with Crippen LogP contribution in [0.5, 0.6) is 0 Å². The quantitative estimate of drug-likeness (QED) is 0.537. The highest BCUT2D eigenvalue weighted by atomic mass is 15.1. The normalized spacial score (nSPS) is 9.12. The van der Waals surface area contributed by atoms with E-state index in [0.717, 1.165) is 12.1 Å². The Balaban J connectivity index is 2.83. The van der Waals surface area contributed by atoms with Gasteiger partial charge >= 0.3 is 0 Å². The van der Waals surface area contributed by atoms with Crippen molar-refractivity contribution >= 4 is 0 Å². The van der Waals surface area contributed by atoms with Crippen molar-refractivity contribution in [1.29, 1.82) is 0 Å². The molecule has 0 radical (unpaired) electrons. The summed E-state index contributed by atoms with van der Waals surface area (Å²) in [6, 6.07) is 3.86. The van der Waals surface area contributed by atoms with E-state index in [9.17, 15) is 0 Å². The summed E-state index contributed by atoms with van der Waals surface area (Å²) >= 11 is 0. The SMILES string of the molecule is CCc1cccnn1. The van der Waals surface area contributed by atoms with Crippen molar-refractivity contribution in [1.82, 2.24) is 10.2 Å². The molecule has 0 spiro atoms. The van der Waals surface area contributed by atoms with Crippen LogP contribution >= 0.6 is 0 Å². The first-order valence-electron chi connectivity index (χ1n) is 2.70. The first-order valence-corrected chi connectivity index (χ1v) is 2.70. The van der Waals surface area contributed by atoms with Gasteiger partial charge in [0, 0.05) is 6.20 Å². The van der Waals surface area contributed by atoms with Crippen LogP contribution in [0.15, 0.2) is 18.3 Å². The molecule has 0 amide bonds. The zero-order valence-electron chi connectivity index (χ0n) is 4.83. The Morgan fingerprint density at radius 2 is 2.50 bits per heavy atom. The predicted octanol–water partition coefficient (Wildman–Crippen LogP) is 1.04. The van der Waals surface area contributed by atoms with E-state index in [1.165, 1.54) is 0 Å². The van der Waals surface area contributed by atoms with Crippen LogP contribution < -0.4 is 0 Å². The van der Waals surface area contributed by atoms with Gasteiger partial charge in [-0.15, -0.1) is 0 Å². The molecule has 0 saturated heterocycles. The highest BCUT2D eigenvalue weighted by Gasteiger charge is 1.83. The average Bonchev–Trinajstić information content (AvgIpc) is 1.90. The fraction of sp³-hybridized carbons (Fsp3) is 0.333. The van der Waals surface area contributed by atoms with Crippen LogP contribution in [0, 0.1) is 0 Å². The summed E-state index contributed by atoms with van der Waals surface area (Å²) in [6.07, 6.45) is 2.65. The molecule has 0 aliphatic heterocycles. The second-order valence-electron chi connectivity index (χ2n) is 1.57. The van der Waals surface area contributed by atoms with E-state index in [-0.39, 0.29) is 0 Å². The van der Waals surface area contributed by atoms with Crippen molar-refractivity contribution in [3.8, 4) is 0 Å². The van der Waals surface area contributed by atoms with Gasteiger partial charge in [0.05, 0.1) is 5.69 Å². The molecule has 0 unspecified atom stereocenters. The standard InChI is InChI=1S/C6H8N2/c1-2-6-4-3-5-7-8-6/h3-5H,2H2,1H3. The molecule has 0 fully saturated rings. The van der Waals surface area contributed by atoms with E-state index in [1.54, 1.807) is 6.20 Å². The van der Waals surface area contributed by atoms with Crippen LogP contribution in [-0.4, -0.2) is 10.2 Å². The van der Waals surface area contributed by atoms with E-state index in [0.29, 0.717) is 0 Å². The van der Waals surface area contributed by atoms with Gasteiger partial charge in [0.2, 0.25) is 0 Å². The second kappa shape index (κ2) is 2.40. The Hall–Kier alpha value is -0.920. The lowest BCUT2D eigenvalue weighted by Crippen LogP contribution is -1.86. The predicted molar refractivity (Wildman–Crippen MR) is 31.4 cm³/mol. The molecular formula is C6H8N2. The molecule has 0 saturated carbocycles. The zero-order valence-corrected chi connectivity index (χ0v) is 4.83. The molecule has 1 aromatic rings. The van der Waals surface area contributed by atoms with Gasteiger partial charge < -0.3 is 0 Å². The number of aromatic nitrogens is 2. The Morgan fingerprint density at radius 1 is 1.62 bits per heavy atom. The van der Waals surface area contributed by atoms with E-state index in [2.05, 4.69) is 17.1 Å². The summed E-state index contributed by atoms with van der Waals surface area (Å²) < 4.78 is 0. The maximum Gasteiger partial charge on any atom is 0.0628 e. The van der Waals surface area contributed by atoms with E-state index in [1.807, 2.05) is 12.1 Å². The van der Waals surface area contributed by atoms with Crippen molar-refractivity contribution in [2.45, 2.75) is 13.3 Å². The Morgan fingerprint density at radius 3 is 2.88 bits per heavy atom. The Kier molecular flexibility index (Phi) is 1.57. The lowest BCUT2D eigenvalue weighted by atomic mass is 10.3. The number of hydrogen-bond donors (Lipinski definition) is 0. The van der Waals surface area contributed by atoms with Gasteiger partial charge in [-0.1, -0.05) is 6.92 Å². The number of nitrogens with zero attached hydrogens (tertiary/aromatic N) is 2. The maximum absolute atomic E-state index is 3.85. The molecule has 0 bridgehead atoms. The van der Waals surface area contributed by atoms with E-state index in [4.69, 9.17) is 0 Å². The molecule has 0 atom stereocenters. The van der Waals surface area contributed by atoms with Gasteiger partial charge in [-0.05, 0) is 18.6 Å². The topological polar surface area (TPSA) is 25.8 Å². The molecule has 0 aromatic carbocycles. The van der Waals surface area contributed by atoms with Gasteiger partial charge in [0.1, 0.15) is 0 Å². The molecule has 2 heteroatoms. The first kappa shape index (κ1) is 5.22. The summed E-state index contributed by atoms with van der Waals surface area (Å²) in [4.78, 5) is 0. The molecule has 8 heavy (non-hydrogen) atoms. The van der Waals surface area contributed by atoms with Crippen LogP contribution in [0.2, 0.25) is 0 Å². The zero-order chi connectivity index (χ0) is 5.82. The van der Waals surface area contributed by atoms with Crippen LogP contribution in [0.3, 0.4) is 0 Å². The molecular weight excluding hydrogens is 100 g/mol. The second-order valence-corrected chi connectivity index (χ2v) is 1.57. The summed E-state index contributed by atoms with van der Waals surface area (Å²) in [7, 11) is 0. The summed E-state index contributed by atoms with van der Waals surface area (Å²) in [5.41, 5.74) is 1.05. The fourth-order valence-electron chi connectivity index (χ4n) is 0.522. The average molecular weight is 108 g/mol.